The van der Waals surface area contributed by atoms with Crippen molar-refractivity contribution in [2.24, 2.45) is 0 Å². The Morgan fingerprint density at radius 1 is 0.935 bits per heavy atom. The molecule has 2 aliphatic rings. The molecule has 0 radical (unpaired) electrons. The molecule has 1 aliphatic heterocycles. The van der Waals surface area contributed by atoms with Crippen LogP contribution in [0.1, 0.15) is 34.0 Å². The van der Waals surface area contributed by atoms with Gasteiger partial charge in [-0.2, -0.15) is 0 Å². The third-order valence-corrected chi connectivity index (χ3v) is 7.96. The van der Waals surface area contributed by atoms with Crippen molar-refractivity contribution in [3.05, 3.63) is 68.3 Å². The first-order valence-corrected chi connectivity index (χ1v) is 13.7. The largest absolute Gasteiger partial charge is 0.506 e. The van der Waals surface area contributed by atoms with E-state index < -0.39 is 81.2 Å². The number of Topliss-reactive ketones (excluding diaryl/α,β-unsaturated/α-hetero) is 1. The average molecular weight is 637 g/mol. The van der Waals surface area contributed by atoms with Gasteiger partial charge in [-0.1, -0.05) is 12.1 Å². The Morgan fingerprint density at radius 2 is 1.65 bits per heavy atom. The molecule has 0 fully saturated rings. The first-order chi connectivity index (χ1) is 21.7. The minimum atomic E-state index is -2.10. The molecule has 8 N–H and O–H groups in total. The van der Waals surface area contributed by atoms with Gasteiger partial charge in [0.1, 0.15) is 34.3 Å². The second-order valence-corrected chi connectivity index (χ2v) is 10.9. The molecule has 1 aromatic heterocycles. The molecule has 3 atom stereocenters. The van der Waals surface area contributed by atoms with Crippen LogP contribution in [0.25, 0.3) is 33.1 Å². The molecule has 15 heteroatoms. The maximum Gasteiger partial charge on any atom is 0.375 e. The summed E-state index contributed by atoms with van der Waals surface area (Å²) in [5, 5.41) is 82.7. The molecule has 0 spiro atoms. The first-order valence-electron chi connectivity index (χ1n) is 13.7. The summed E-state index contributed by atoms with van der Waals surface area (Å²) >= 11 is 0. The van der Waals surface area contributed by atoms with Crippen LogP contribution in [-0.2, 0) is 33.6 Å². The molecular weight excluding hydrogens is 612 g/mol. The second kappa shape index (κ2) is 10.7. The van der Waals surface area contributed by atoms with Crippen LogP contribution < -0.4 is 10.2 Å². The maximum absolute atomic E-state index is 13.8. The maximum atomic E-state index is 13.8. The standard InChI is InChI=1S/C31H24O15/c1-9(32)7-11-8-10-5-6-12-17(15(10)21(35)16(11)29(40)41)22(36)18-19(33)13-3-2-4-14(26(13)45-27(18)20(12)34)44-31-25(39)23(37)24(38)28(46-31)30(42)43/h2-4,8,23,25,31,34-39H,5-7H2,1H3,(H,40,41)(H,42,43)/t23-,25+,31+/m0/s1. The van der Waals surface area contributed by atoms with Gasteiger partial charge in [0.25, 0.3) is 6.29 Å². The Balaban J connectivity index is 1.56. The van der Waals surface area contributed by atoms with Crippen molar-refractivity contribution in [3.63, 3.8) is 0 Å². The number of aliphatic hydroxyl groups is 3. The molecule has 0 bridgehead atoms. The number of hydrogen-bond acceptors (Lipinski definition) is 13. The van der Waals surface area contributed by atoms with Crippen LogP contribution >= 0.6 is 0 Å². The number of carboxylic acid groups (broad SMARTS) is 2. The zero-order valence-electron chi connectivity index (χ0n) is 23.6. The van der Waals surface area contributed by atoms with E-state index in [-0.39, 0.29) is 64.0 Å². The van der Waals surface area contributed by atoms with Crippen LogP contribution in [0.15, 0.2) is 45.0 Å². The van der Waals surface area contributed by atoms with Gasteiger partial charge in [-0.3, -0.25) is 9.59 Å². The molecule has 3 aromatic carbocycles. The number of carbonyl (C=O) groups is 3. The van der Waals surface area contributed by atoms with E-state index in [0.29, 0.717) is 5.56 Å². The topological polar surface area (TPSA) is 262 Å². The number of carbonyl (C=O) groups excluding carboxylic acids is 1. The highest BCUT2D eigenvalue weighted by atomic mass is 16.7. The van der Waals surface area contributed by atoms with Gasteiger partial charge in [0, 0.05) is 23.1 Å². The Kier molecular flexibility index (Phi) is 7.02. The van der Waals surface area contributed by atoms with Crippen molar-refractivity contribution in [2.45, 2.75) is 44.7 Å². The predicted molar refractivity (Wildman–Crippen MR) is 154 cm³/mol. The molecule has 15 nitrogen and oxygen atoms in total. The highest BCUT2D eigenvalue weighted by Crippen LogP contribution is 2.52. The lowest BCUT2D eigenvalue weighted by Crippen LogP contribution is -2.48. The van der Waals surface area contributed by atoms with Crippen molar-refractivity contribution in [1.82, 2.24) is 0 Å². The molecule has 6 rings (SSSR count). The average Bonchev–Trinajstić information content (AvgIpc) is 2.99. The van der Waals surface area contributed by atoms with Gasteiger partial charge in [-0.15, -0.1) is 0 Å². The minimum Gasteiger partial charge on any atom is -0.506 e. The van der Waals surface area contributed by atoms with Gasteiger partial charge in [-0.05, 0) is 43.0 Å². The molecule has 0 saturated heterocycles. The highest BCUT2D eigenvalue weighted by molar-refractivity contribution is 6.06. The van der Waals surface area contributed by atoms with E-state index in [1.54, 1.807) is 0 Å². The quantitative estimate of drug-likeness (QED) is 0.111. The SMILES string of the molecule is CC(=O)Cc1cc2c(c(O)c1C(=O)O)-c1c(c(O)c3oc4c(O[C@@H]5OC(C(=O)O)=C(O)[C@H](O)[C@H]5O)cccc4c(=O)c3c1O)CC2. The van der Waals surface area contributed by atoms with Gasteiger partial charge in [0.2, 0.25) is 11.2 Å². The summed E-state index contributed by atoms with van der Waals surface area (Å²) in [7, 11) is 0. The number of phenolic OH excluding ortho intramolecular Hbond substituents is 2. The molecule has 0 amide bonds. The summed E-state index contributed by atoms with van der Waals surface area (Å²) in [5.41, 5.74) is -2.19. The fourth-order valence-electron chi connectivity index (χ4n) is 5.94. The fourth-order valence-corrected chi connectivity index (χ4v) is 5.94. The van der Waals surface area contributed by atoms with E-state index in [2.05, 4.69) is 0 Å². The number of aryl methyl sites for hydroxylation is 1. The number of hydrogen-bond donors (Lipinski definition) is 8. The Morgan fingerprint density at radius 3 is 2.30 bits per heavy atom. The van der Waals surface area contributed by atoms with Crippen LogP contribution in [0.3, 0.4) is 0 Å². The van der Waals surface area contributed by atoms with Crippen molar-refractivity contribution in [2.75, 3.05) is 0 Å². The lowest BCUT2D eigenvalue weighted by atomic mass is 9.80. The van der Waals surface area contributed by atoms with Crippen LogP contribution in [0, 0.1) is 0 Å². The van der Waals surface area contributed by atoms with Gasteiger partial charge in [-0.25, -0.2) is 9.59 Å². The molecule has 238 valence electrons. The Hall–Kier alpha value is -5.80. The third kappa shape index (κ3) is 4.43. The number of carboxylic acids is 2. The van der Waals surface area contributed by atoms with Gasteiger partial charge in [0.05, 0.1) is 5.39 Å². The smallest absolute Gasteiger partial charge is 0.375 e. The Labute approximate surface area is 256 Å². The minimum absolute atomic E-state index is 0.0187. The normalized spacial score (nSPS) is 19.0. The zero-order valence-corrected chi connectivity index (χ0v) is 23.6. The summed E-state index contributed by atoms with van der Waals surface area (Å²) < 4.78 is 16.5. The summed E-state index contributed by atoms with van der Waals surface area (Å²) in [4.78, 5) is 49.2. The molecule has 4 aromatic rings. The van der Waals surface area contributed by atoms with E-state index in [9.17, 15) is 60.0 Å². The summed E-state index contributed by atoms with van der Waals surface area (Å²) in [6.45, 7) is 1.26. The van der Waals surface area contributed by atoms with E-state index in [0.717, 1.165) is 0 Å². The molecule has 0 unspecified atom stereocenters. The number of fused-ring (bicyclic) bond motifs is 5. The predicted octanol–water partition coefficient (Wildman–Crippen LogP) is 1.97. The number of ether oxygens (including phenoxy) is 2. The number of phenols is 3. The second-order valence-electron chi connectivity index (χ2n) is 10.9. The molecule has 0 saturated carbocycles. The van der Waals surface area contributed by atoms with Crippen molar-refractivity contribution >= 4 is 39.7 Å². The summed E-state index contributed by atoms with van der Waals surface area (Å²) in [6, 6.07) is 5.25. The van der Waals surface area contributed by atoms with Crippen molar-refractivity contribution in [1.29, 1.82) is 0 Å². The Bertz CT molecular complexity index is 2120. The first kappa shape index (κ1) is 30.2. The monoisotopic (exact) mass is 636 g/mol. The van der Waals surface area contributed by atoms with Crippen LogP contribution in [0.5, 0.6) is 23.0 Å². The van der Waals surface area contributed by atoms with Crippen LogP contribution in [0.2, 0.25) is 0 Å². The van der Waals surface area contributed by atoms with Gasteiger partial charge >= 0.3 is 11.9 Å². The number of aliphatic carboxylic acids is 1. The number of ketones is 1. The number of rotatable bonds is 6. The number of aromatic carboxylic acids is 1. The number of benzene rings is 3. The number of aromatic hydroxyl groups is 3. The van der Waals surface area contributed by atoms with Crippen LogP contribution in [-0.4, -0.2) is 77.1 Å². The molecule has 1 aliphatic carbocycles. The lowest BCUT2D eigenvalue weighted by Gasteiger charge is -2.32. The summed E-state index contributed by atoms with van der Waals surface area (Å²) in [5.74, 6) is -8.30. The van der Waals surface area contributed by atoms with E-state index in [4.69, 9.17) is 13.9 Å². The molecular formula is C31H24O15. The van der Waals surface area contributed by atoms with Crippen molar-refractivity contribution < 1.29 is 69.1 Å². The van der Waals surface area contributed by atoms with E-state index in [1.165, 1.54) is 31.2 Å². The number of aliphatic hydroxyl groups excluding tert-OH is 3. The number of para-hydroxylation sites is 1. The van der Waals surface area contributed by atoms with Crippen LogP contribution in [0.4, 0.5) is 0 Å². The molecule has 46 heavy (non-hydrogen) atoms. The summed E-state index contributed by atoms with van der Waals surface area (Å²) in [6.07, 6.45) is -6.10. The van der Waals surface area contributed by atoms with Crippen molar-refractivity contribution in [3.8, 4) is 34.1 Å². The van der Waals surface area contributed by atoms with Gasteiger partial charge in [0.15, 0.2) is 34.5 Å². The fraction of sp³-hybridized carbons (Fsp3) is 0.226. The van der Waals surface area contributed by atoms with E-state index in [1.807, 2.05) is 0 Å². The zero-order chi connectivity index (χ0) is 33.4. The van der Waals surface area contributed by atoms with Gasteiger partial charge < -0.3 is 54.7 Å². The highest BCUT2D eigenvalue weighted by Gasteiger charge is 2.43. The third-order valence-electron chi connectivity index (χ3n) is 7.96. The van der Waals surface area contributed by atoms with E-state index >= 15 is 0 Å². The lowest BCUT2D eigenvalue weighted by molar-refractivity contribution is -0.183. The molecule has 2 heterocycles.